The van der Waals surface area contributed by atoms with Gasteiger partial charge >= 0.3 is 11.9 Å². The smallest absolute Gasteiger partial charge is 0.335 e. The number of benzene rings is 2. The molecule has 1 unspecified atom stereocenters. The molecule has 170 valence electrons. The first kappa shape index (κ1) is 23.4. The lowest BCUT2D eigenvalue weighted by Gasteiger charge is -2.20. The highest BCUT2D eigenvalue weighted by Crippen LogP contribution is 2.26. The van der Waals surface area contributed by atoms with Crippen LogP contribution in [0.1, 0.15) is 27.9 Å². The maximum atomic E-state index is 13.8. The van der Waals surface area contributed by atoms with Crippen molar-refractivity contribution in [1.82, 2.24) is 10.3 Å². The van der Waals surface area contributed by atoms with Crippen molar-refractivity contribution in [3.8, 4) is 5.75 Å². The molecule has 1 aromatic heterocycles. The average Bonchev–Trinajstić information content (AvgIpc) is 3.18. The number of aromatic nitrogens is 1. The Labute approximate surface area is 183 Å². The lowest BCUT2D eigenvalue weighted by molar-refractivity contribution is -0.0991. The number of rotatable bonds is 12. The van der Waals surface area contributed by atoms with Gasteiger partial charge in [-0.25, -0.2) is 9.18 Å². The van der Waals surface area contributed by atoms with Crippen LogP contribution >= 0.6 is 0 Å². The number of H-pyrrole nitrogens is 1. The molecule has 1 atom stereocenters. The topological polar surface area (TPSA) is 74.3 Å². The van der Waals surface area contributed by atoms with Crippen LogP contribution in [-0.4, -0.2) is 41.3 Å². The van der Waals surface area contributed by atoms with E-state index in [4.69, 9.17) is 9.84 Å². The van der Waals surface area contributed by atoms with Crippen molar-refractivity contribution in [3.05, 3.63) is 78.0 Å². The van der Waals surface area contributed by atoms with Gasteiger partial charge in [-0.2, -0.15) is 8.78 Å². The van der Waals surface area contributed by atoms with Crippen LogP contribution in [0.5, 0.6) is 5.75 Å². The first-order valence-corrected chi connectivity index (χ1v) is 10.2. The number of aromatic amines is 1. The molecule has 3 rings (SSSR count). The predicted molar refractivity (Wildman–Crippen MR) is 117 cm³/mol. The number of fused-ring (bicyclic) bond motifs is 1. The van der Waals surface area contributed by atoms with Gasteiger partial charge in [-0.1, -0.05) is 24.3 Å². The van der Waals surface area contributed by atoms with Crippen molar-refractivity contribution in [2.75, 3.05) is 13.2 Å². The molecule has 32 heavy (non-hydrogen) atoms. The molecule has 0 radical (unpaired) electrons. The van der Waals surface area contributed by atoms with Crippen molar-refractivity contribution in [2.45, 2.75) is 31.5 Å². The number of allylic oxidation sites excluding steroid dienone is 1. The first-order chi connectivity index (χ1) is 15.3. The van der Waals surface area contributed by atoms with E-state index in [-0.39, 0.29) is 11.3 Å². The molecule has 0 spiro atoms. The number of nitrogens with one attached hydrogen (secondary N) is 2. The summed E-state index contributed by atoms with van der Waals surface area (Å²) in [5, 5.41) is 13.3. The maximum absolute atomic E-state index is 13.8. The Morgan fingerprint density at radius 3 is 2.84 bits per heavy atom. The summed E-state index contributed by atoms with van der Waals surface area (Å²) in [6.07, 6.45) is 0.934. The second-order valence-electron chi connectivity index (χ2n) is 7.50. The molecule has 0 amide bonds. The summed E-state index contributed by atoms with van der Waals surface area (Å²) in [5.41, 5.74) is 2.90. The number of hydrogen-bond acceptors (Lipinski definition) is 3. The van der Waals surface area contributed by atoms with Gasteiger partial charge in [0, 0.05) is 30.1 Å². The third-order valence-electron chi connectivity index (χ3n) is 5.08. The Hall–Kier alpha value is -3.26. The van der Waals surface area contributed by atoms with Crippen LogP contribution in [0.2, 0.25) is 0 Å². The number of halogens is 3. The Morgan fingerprint density at radius 2 is 2.09 bits per heavy atom. The second kappa shape index (κ2) is 10.4. The zero-order valence-corrected chi connectivity index (χ0v) is 17.4. The third kappa shape index (κ3) is 5.91. The van der Waals surface area contributed by atoms with Crippen molar-refractivity contribution < 1.29 is 27.8 Å². The summed E-state index contributed by atoms with van der Waals surface area (Å²) in [4.78, 5) is 14.2. The molecule has 0 saturated heterocycles. The highest BCUT2D eigenvalue weighted by molar-refractivity contribution is 5.94. The predicted octanol–water partition coefficient (Wildman–Crippen LogP) is 5.13. The molecule has 3 aromatic rings. The van der Waals surface area contributed by atoms with Crippen LogP contribution in [0.3, 0.4) is 0 Å². The van der Waals surface area contributed by atoms with E-state index >= 15 is 0 Å². The molecule has 0 aliphatic carbocycles. The fraction of sp³-hybridized carbons (Fsp3) is 0.292. The molecule has 2 aromatic carbocycles. The number of carboxylic acids is 1. The summed E-state index contributed by atoms with van der Waals surface area (Å²) in [6, 6.07) is 11.7. The van der Waals surface area contributed by atoms with E-state index in [9.17, 15) is 18.0 Å². The molecule has 0 fully saturated rings. The fourth-order valence-electron chi connectivity index (χ4n) is 3.32. The van der Waals surface area contributed by atoms with Crippen LogP contribution in [0.25, 0.3) is 10.9 Å². The van der Waals surface area contributed by atoms with E-state index in [1.807, 2.05) is 12.3 Å². The standard InChI is InChI=1S/C24H25F3N2O3/c1-2-4-22(25)24(26,27)15-32-19-6-3-5-16(11-19)13-28-10-9-18-14-29-21-12-17(23(30)31)7-8-20(18)21/h2-3,5-8,11-12,14,22,28-29H,1,4,9-10,13,15H2,(H,30,31). The minimum absolute atomic E-state index is 0.228. The Kier molecular flexibility index (Phi) is 7.58. The SMILES string of the molecule is C=CCC(F)C(F)(F)COc1cccc(CNCCc2c[nH]c3cc(C(=O)O)ccc23)c1. The van der Waals surface area contributed by atoms with E-state index in [2.05, 4.69) is 16.9 Å². The summed E-state index contributed by atoms with van der Waals surface area (Å²) in [5.74, 6) is -4.31. The minimum atomic E-state index is -3.59. The van der Waals surface area contributed by atoms with Crippen LogP contribution < -0.4 is 10.1 Å². The Bertz CT molecular complexity index is 1080. The van der Waals surface area contributed by atoms with Crippen LogP contribution in [0.4, 0.5) is 13.2 Å². The monoisotopic (exact) mass is 446 g/mol. The minimum Gasteiger partial charge on any atom is -0.487 e. The lowest BCUT2D eigenvalue weighted by Crippen LogP contribution is -2.36. The normalized spacial score (nSPS) is 12.6. The van der Waals surface area contributed by atoms with Gasteiger partial charge in [0.15, 0.2) is 12.8 Å². The molecule has 0 bridgehead atoms. The van der Waals surface area contributed by atoms with E-state index in [1.54, 1.807) is 36.4 Å². The van der Waals surface area contributed by atoms with Crippen LogP contribution in [0, 0.1) is 0 Å². The van der Waals surface area contributed by atoms with Gasteiger partial charge in [0.2, 0.25) is 0 Å². The van der Waals surface area contributed by atoms with Gasteiger partial charge in [0.25, 0.3) is 0 Å². The molecule has 5 nitrogen and oxygen atoms in total. The number of carbonyl (C=O) groups is 1. The lowest BCUT2D eigenvalue weighted by atomic mass is 10.1. The van der Waals surface area contributed by atoms with Gasteiger partial charge in [0.1, 0.15) is 5.75 Å². The van der Waals surface area contributed by atoms with Crippen molar-refractivity contribution in [3.63, 3.8) is 0 Å². The summed E-state index contributed by atoms with van der Waals surface area (Å²) < 4.78 is 46.1. The Morgan fingerprint density at radius 1 is 1.28 bits per heavy atom. The van der Waals surface area contributed by atoms with E-state index in [0.717, 1.165) is 34.5 Å². The largest absolute Gasteiger partial charge is 0.487 e. The number of aromatic carboxylic acids is 1. The number of ether oxygens (including phenoxy) is 1. The van der Waals surface area contributed by atoms with E-state index in [1.165, 1.54) is 0 Å². The molecule has 0 aliphatic rings. The molecular weight excluding hydrogens is 421 g/mol. The van der Waals surface area contributed by atoms with Crippen LogP contribution in [0.15, 0.2) is 61.3 Å². The maximum Gasteiger partial charge on any atom is 0.335 e. The number of carboxylic acid groups (broad SMARTS) is 1. The molecule has 8 heteroatoms. The molecule has 0 aliphatic heterocycles. The number of hydrogen-bond donors (Lipinski definition) is 3. The third-order valence-corrected chi connectivity index (χ3v) is 5.08. The molecule has 0 saturated carbocycles. The summed E-state index contributed by atoms with van der Waals surface area (Å²) in [6.45, 7) is 3.39. The highest BCUT2D eigenvalue weighted by Gasteiger charge is 2.40. The second-order valence-corrected chi connectivity index (χ2v) is 7.50. The van der Waals surface area contributed by atoms with Gasteiger partial charge in [0.05, 0.1) is 5.56 Å². The quantitative estimate of drug-likeness (QED) is 0.267. The number of alkyl halides is 3. The van der Waals surface area contributed by atoms with E-state index in [0.29, 0.717) is 13.1 Å². The van der Waals surface area contributed by atoms with Gasteiger partial charge in [-0.05, 0) is 48.4 Å². The zero-order valence-electron chi connectivity index (χ0n) is 17.4. The summed E-state index contributed by atoms with van der Waals surface area (Å²) >= 11 is 0. The molecular formula is C24H25F3N2O3. The van der Waals surface area contributed by atoms with Crippen molar-refractivity contribution in [1.29, 1.82) is 0 Å². The fourth-order valence-corrected chi connectivity index (χ4v) is 3.32. The molecule has 3 N–H and O–H groups in total. The van der Waals surface area contributed by atoms with Gasteiger partial charge in [-0.3, -0.25) is 0 Å². The van der Waals surface area contributed by atoms with Gasteiger partial charge in [-0.15, -0.1) is 6.58 Å². The zero-order chi connectivity index (χ0) is 23.1. The van der Waals surface area contributed by atoms with Gasteiger partial charge < -0.3 is 20.1 Å². The first-order valence-electron chi connectivity index (χ1n) is 10.2. The Balaban J connectivity index is 1.50. The average molecular weight is 446 g/mol. The highest BCUT2D eigenvalue weighted by atomic mass is 19.3. The molecule has 1 heterocycles. The van der Waals surface area contributed by atoms with Crippen molar-refractivity contribution >= 4 is 16.9 Å². The van der Waals surface area contributed by atoms with E-state index < -0.39 is 31.1 Å². The van der Waals surface area contributed by atoms with Crippen molar-refractivity contribution in [2.24, 2.45) is 0 Å². The summed E-state index contributed by atoms with van der Waals surface area (Å²) in [7, 11) is 0. The van der Waals surface area contributed by atoms with Crippen LogP contribution in [-0.2, 0) is 13.0 Å².